The lowest BCUT2D eigenvalue weighted by atomic mass is 10.0. The van der Waals surface area contributed by atoms with Crippen molar-refractivity contribution >= 4 is 22.7 Å². The first-order chi connectivity index (χ1) is 10.8. The molecule has 124 valence electrons. The highest BCUT2D eigenvalue weighted by Crippen LogP contribution is 2.22. The Bertz CT molecular complexity index is 662. The van der Waals surface area contributed by atoms with Crippen LogP contribution in [0.3, 0.4) is 0 Å². The van der Waals surface area contributed by atoms with Gasteiger partial charge in [-0.15, -0.1) is 0 Å². The highest BCUT2D eigenvalue weighted by atomic mass is 16.4. The van der Waals surface area contributed by atoms with Crippen LogP contribution < -0.4 is 5.73 Å². The van der Waals surface area contributed by atoms with E-state index in [-0.39, 0.29) is 6.04 Å². The molecule has 23 heavy (non-hydrogen) atoms. The topological polar surface area (TPSA) is 141 Å². The number of fused-ring (bicyclic) bond motifs is 1. The fourth-order valence-corrected chi connectivity index (χ4v) is 1.92. The summed E-state index contributed by atoms with van der Waals surface area (Å²) in [6.45, 7) is 2.02. The van der Waals surface area contributed by atoms with Crippen LogP contribution in [0, 0.1) is 0 Å². The third-order valence-corrected chi connectivity index (χ3v) is 3.12. The first-order valence-corrected chi connectivity index (χ1v) is 6.80. The van der Waals surface area contributed by atoms with Crippen LogP contribution in [0.15, 0.2) is 42.5 Å². The summed E-state index contributed by atoms with van der Waals surface area (Å²) in [6, 6.07) is 14.7. The summed E-state index contributed by atoms with van der Waals surface area (Å²) >= 11 is 0. The van der Waals surface area contributed by atoms with Crippen molar-refractivity contribution < 1.29 is 30.0 Å². The molecule has 6 N–H and O–H groups in total. The van der Waals surface area contributed by atoms with Crippen LogP contribution in [0.1, 0.15) is 18.5 Å². The molecule has 0 fully saturated rings. The molecule has 2 rings (SSSR count). The van der Waals surface area contributed by atoms with Crippen molar-refractivity contribution in [3.8, 4) is 0 Å². The third kappa shape index (κ3) is 5.03. The summed E-state index contributed by atoms with van der Waals surface area (Å²) < 4.78 is 0. The van der Waals surface area contributed by atoms with E-state index < -0.39 is 24.1 Å². The van der Waals surface area contributed by atoms with Gasteiger partial charge in [-0.25, -0.2) is 9.59 Å². The van der Waals surface area contributed by atoms with Crippen molar-refractivity contribution in [2.24, 2.45) is 5.73 Å². The summed E-state index contributed by atoms with van der Waals surface area (Å²) in [5.41, 5.74) is 7.10. The second-order valence-corrected chi connectivity index (χ2v) is 4.92. The van der Waals surface area contributed by atoms with Gasteiger partial charge in [0.2, 0.25) is 0 Å². The van der Waals surface area contributed by atoms with Crippen molar-refractivity contribution in [2.45, 2.75) is 25.2 Å². The molecule has 0 spiro atoms. The van der Waals surface area contributed by atoms with Gasteiger partial charge in [-0.2, -0.15) is 0 Å². The van der Waals surface area contributed by atoms with Crippen molar-refractivity contribution in [1.82, 2.24) is 0 Å². The largest absolute Gasteiger partial charge is 0.479 e. The van der Waals surface area contributed by atoms with Crippen molar-refractivity contribution in [3.63, 3.8) is 0 Å². The molecule has 0 aromatic heterocycles. The maximum Gasteiger partial charge on any atom is 0.335 e. The number of hydrogen-bond donors (Lipinski definition) is 5. The molecule has 0 radical (unpaired) electrons. The van der Waals surface area contributed by atoms with Gasteiger partial charge in [0.05, 0.1) is 0 Å². The zero-order chi connectivity index (χ0) is 17.6. The molecular formula is C16H19NO6. The van der Waals surface area contributed by atoms with E-state index in [1.54, 1.807) is 0 Å². The Morgan fingerprint density at radius 1 is 0.913 bits per heavy atom. The second kappa shape index (κ2) is 8.23. The monoisotopic (exact) mass is 321 g/mol. The number of carbonyl (C=O) groups is 2. The summed E-state index contributed by atoms with van der Waals surface area (Å²) in [5, 5.41) is 35.1. The number of aliphatic carboxylic acids is 2. The molecule has 0 saturated heterocycles. The number of hydrogen-bond acceptors (Lipinski definition) is 5. The molecule has 7 nitrogen and oxygen atoms in total. The Kier molecular flexibility index (Phi) is 6.65. The van der Waals surface area contributed by atoms with Crippen LogP contribution in [-0.2, 0) is 9.59 Å². The van der Waals surface area contributed by atoms with Crippen molar-refractivity contribution in [1.29, 1.82) is 0 Å². The average molecular weight is 321 g/mol. The standard InChI is InChI=1S/C12H13N.C4H6O6/c1-9(13)11-8-4-6-10-5-2-3-7-12(10)11;5-1(3(7)8)2(6)4(9)10/h2-9H,13H2,1H3;1-2,5-6H,(H,7,8)(H,9,10). The Hall–Kier alpha value is -2.48. The van der Waals surface area contributed by atoms with Crippen LogP contribution >= 0.6 is 0 Å². The van der Waals surface area contributed by atoms with Gasteiger partial charge < -0.3 is 26.2 Å². The van der Waals surface area contributed by atoms with E-state index >= 15 is 0 Å². The summed E-state index contributed by atoms with van der Waals surface area (Å²) in [5.74, 6) is -3.54. The van der Waals surface area contributed by atoms with Crippen molar-refractivity contribution in [2.75, 3.05) is 0 Å². The van der Waals surface area contributed by atoms with Gasteiger partial charge >= 0.3 is 11.9 Å². The Morgan fingerprint density at radius 2 is 1.39 bits per heavy atom. The fraction of sp³-hybridized carbons (Fsp3) is 0.250. The van der Waals surface area contributed by atoms with E-state index in [1.807, 2.05) is 19.1 Å². The predicted octanol–water partition coefficient (Wildman–Crippen LogP) is 0.737. The normalized spacial score (nSPS) is 14.3. The van der Waals surface area contributed by atoms with E-state index in [4.69, 9.17) is 26.2 Å². The molecule has 0 aliphatic heterocycles. The van der Waals surface area contributed by atoms with Crippen LogP contribution in [0.5, 0.6) is 0 Å². The van der Waals surface area contributed by atoms with Crippen molar-refractivity contribution in [3.05, 3.63) is 48.0 Å². The number of rotatable bonds is 4. The molecule has 2 aromatic rings. The minimum Gasteiger partial charge on any atom is -0.479 e. The number of aliphatic hydroxyl groups is 2. The highest BCUT2D eigenvalue weighted by Gasteiger charge is 2.29. The summed E-state index contributed by atoms with van der Waals surface area (Å²) in [7, 11) is 0. The Labute approximate surface area is 132 Å². The quantitative estimate of drug-likeness (QED) is 0.559. The lowest BCUT2D eigenvalue weighted by Gasteiger charge is -2.09. The Morgan fingerprint density at radius 3 is 1.87 bits per heavy atom. The van der Waals surface area contributed by atoms with Gasteiger partial charge in [0.15, 0.2) is 12.2 Å². The van der Waals surface area contributed by atoms with E-state index in [2.05, 4.69) is 30.3 Å². The minimum atomic E-state index is -2.27. The zero-order valence-electron chi connectivity index (χ0n) is 12.5. The molecular weight excluding hydrogens is 302 g/mol. The maximum absolute atomic E-state index is 9.77. The summed E-state index contributed by atoms with van der Waals surface area (Å²) in [4.78, 5) is 19.5. The minimum absolute atomic E-state index is 0.103. The molecule has 3 unspecified atom stereocenters. The second-order valence-electron chi connectivity index (χ2n) is 4.92. The maximum atomic E-state index is 9.77. The molecule has 0 heterocycles. The fourth-order valence-electron chi connectivity index (χ4n) is 1.92. The van der Waals surface area contributed by atoms with Crippen LogP contribution in [0.25, 0.3) is 10.8 Å². The van der Waals surface area contributed by atoms with E-state index in [0.717, 1.165) is 0 Å². The molecule has 0 aliphatic carbocycles. The van der Waals surface area contributed by atoms with E-state index in [9.17, 15) is 9.59 Å². The highest BCUT2D eigenvalue weighted by molar-refractivity contribution is 5.86. The van der Waals surface area contributed by atoms with E-state index in [1.165, 1.54) is 16.3 Å². The van der Waals surface area contributed by atoms with Gasteiger partial charge in [-0.05, 0) is 23.3 Å². The van der Waals surface area contributed by atoms with E-state index in [0.29, 0.717) is 0 Å². The lowest BCUT2D eigenvalue weighted by molar-refractivity contribution is -0.165. The molecule has 7 heteroatoms. The van der Waals surface area contributed by atoms with Gasteiger partial charge in [0.1, 0.15) is 0 Å². The van der Waals surface area contributed by atoms with Gasteiger partial charge in [-0.3, -0.25) is 0 Å². The Balaban J connectivity index is 0.000000241. The number of carboxylic acid groups (broad SMARTS) is 2. The molecule has 0 saturated carbocycles. The zero-order valence-corrected chi connectivity index (χ0v) is 12.5. The summed E-state index contributed by atoms with van der Waals surface area (Å²) in [6.07, 6.45) is -4.53. The van der Waals surface area contributed by atoms with Gasteiger partial charge in [0.25, 0.3) is 0 Å². The van der Waals surface area contributed by atoms with Crippen LogP contribution in [0.4, 0.5) is 0 Å². The molecule has 0 amide bonds. The first kappa shape index (κ1) is 18.6. The number of aliphatic hydroxyl groups excluding tert-OH is 2. The number of benzene rings is 2. The predicted molar refractivity (Wildman–Crippen MR) is 83.8 cm³/mol. The smallest absolute Gasteiger partial charge is 0.335 e. The molecule has 0 bridgehead atoms. The lowest BCUT2D eigenvalue weighted by Crippen LogP contribution is -2.39. The third-order valence-electron chi connectivity index (χ3n) is 3.12. The number of carboxylic acids is 2. The average Bonchev–Trinajstić information content (AvgIpc) is 2.53. The molecule has 2 aromatic carbocycles. The van der Waals surface area contributed by atoms with Crippen LogP contribution in [-0.4, -0.2) is 44.6 Å². The van der Waals surface area contributed by atoms with Gasteiger partial charge in [0, 0.05) is 6.04 Å². The number of nitrogens with two attached hydrogens (primary N) is 1. The first-order valence-electron chi connectivity index (χ1n) is 6.80. The van der Waals surface area contributed by atoms with Crippen LogP contribution in [0.2, 0.25) is 0 Å². The SMILES string of the molecule is CC(N)c1cccc2ccccc12.O=C(O)C(O)C(O)C(=O)O. The molecule has 0 aliphatic rings. The molecule has 3 atom stereocenters. The van der Waals surface area contributed by atoms with Gasteiger partial charge in [-0.1, -0.05) is 42.5 Å².